The van der Waals surface area contributed by atoms with Gasteiger partial charge in [-0.3, -0.25) is 4.79 Å². The van der Waals surface area contributed by atoms with Gasteiger partial charge in [-0.15, -0.1) is 0 Å². The highest BCUT2D eigenvalue weighted by Crippen LogP contribution is 2.31. The maximum atomic E-state index is 11.8. The van der Waals surface area contributed by atoms with E-state index in [2.05, 4.69) is 17.1 Å². The van der Waals surface area contributed by atoms with Crippen molar-refractivity contribution in [1.82, 2.24) is 10.2 Å². The lowest BCUT2D eigenvalue weighted by atomic mass is 10.1. The molecule has 0 spiro atoms. The summed E-state index contributed by atoms with van der Waals surface area (Å²) in [6, 6.07) is 0.545. The van der Waals surface area contributed by atoms with Gasteiger partial charge in [0.15, 0.2) is 0 Å². The normalized spacial score (nSPS) is 26.2. The summed E-state index contributed by atoms with van der Waals surface area (Å²) in [6.45, 7) is 5.31. The Hall–Kier alpha value is -0.610. The molecule has 1 aliphatic carbocycles. The standard InChI is InChI=1S/C14H27N3O/c1-2-3-4-13(15)14(18)16-9-11-7-8-17(10-11)12-5-6-12/h11-13H,2-10,15H2,1H3,(H,16,18)/t11?,13-/m0/s1. The number of carbonyl (C=O) groups is 1. The first-order valence-corrected chi connectivity index (χ1v) is 7.48. The third kappa shape index (κ3) is 3.95. The second kappa shape index (κ2) is 6.53. The van der Waals surface area contributed by atoms with Crippen molar-refractivity contribution in [2.75, 3.05) is 19.6 Å². The molecule has 3 N–H and O–H groups in total. The fourth-order valence-electron chi connectivity index (χ4n) is 2.73. The van der Waals surface area contributed by atoms with Gasteiger partial charge in [-0.25, -0.2) is 0 Å². The lowest BCUT2D eigenvalue weighted by Gasteiger charge is -2.16. The number of hydrogen-bond acceptors (Lipinski definition) is 3. The minimum atomic E-state index is -0.314. The number of likely N-dealkylation sites (tertiary alicyclic amines) is 1. The molecule has 1 saturated carbocycles. The maximum absolute atomic E-state index is 11.8. The van der Waals surface area contributed by atoms with Gasteiger partial charge < -0.3 is 16.0 Å². The summed E-state index contributed by atoms with van der Waals surface area (Å²) in [7, 11) is 0. The first-order valence-electron chi connectivity index (χ1n) is 7.48. The Bertz CT molecular complexity index is 278. The minimum absolute atomic E-state index is 0.0355. The van der Waals surface area contributed by atoms with Crippen molar-refractivity contribution in [3.05, 3.63) is 0 Å². The van der Waals surface area contributed by atoms with Crippen molar-refractivity contribution in [1.29, 1.82) is 0 Å². The van der Waals surface area contributed by atoms with Crippen LogP contribution in [0.2, 0.25) is 0 Å². The maximum Gasteiger partial charge on any atom is 0.236 e. The summed E-state index contributed by atoms with van der Waals surface area (Å²) < 4.78 is 0. The van der Waals surface area contributed by atoms with Crippen molar-refractivity contribution < 1.29 is 4.79 Å². The number of nitrogens with one attached hydrogen (secondary N) is 1. The first-order chi connectivity index (χ1) is 8.70. The number of amides is 1. The number of unbranched alkanes of at least 4 members (excludes halogenated alkanes) is 1. The number of rotatable bonds is 7. The molecular formula is C14H27N3O. The lowest BCUT2D eigenvalue weighted by molar-refractivity contribution is -0.122. The number of carbonyl (C=O) groups excluding carboxylic acids is 1. The second-order valence-electron chi connectivity index (χ2n) is 5.87. The predicted molar refractivity (Wildman–Crippen MR) is 73.2 cm³/mol. The number of nitrogens with two attached hydrogens (primary N) is 1. The highest BCUT2D eigenvalue weighted by atomic mass is 16.2. The summed E-state index contributed by atoms with van der Waals surface area (Å²) >= 11 is 0. The fourth-order valence-corrected chi connectivity index (χ4v) is 2.73. The molecule has 1 amide bonds. The van der Waals surface area contributed by atoms with Gasteiger partial charge in [-0.1, -0.05) is 19.8 Å². The van der Waals surface area contributed by atoms with Crippen LogP contribution in [0.3, 0.4) is 0 Å². The fraction of sp³-hybridized carbons (Fsp3) is 0.929. The highest BCUT2D eigenvalue weighted by Gasteiger charge is 2.34. The van der Waals surface area contributed by atoms with Crippen LogP contribution in [0.4, 0.5) is 0 Å². The first kappa shape index (κ1) is 13.8. The zero-order chi connectivity index (χ0) is 13.0. The number of hydrogen-bond donors (Lipinski definition) is 2. The SMILES string of the molecule is CCCC[C@H](N)C(=O)NCC1CCN(C2CC2)C1. The molecule has 0 aromatic heterocycles. The quantitative estimate of drug-likeness (QED) is 0.714. The van der Waals surface area contributed by atoms with Crippen molar-refractivity contribution in [3.8, 4) is 0 Å². The van der Waals surface area contributed by atoms with Crippen molar-refractivity contribution in [2.45, 2.75) is 57.5 Å². The van der Waals surface area contributed by atoms with Gasteiger partial charge >= 0.3 is 0 Å². The zero-order valence-corrected chi connectivity index (χ0v) is 11.5. The molecule has 1 unspecified atom stereocenters. The summed E-state index contributed by atoms with van der Waals surface area (Å²) in [6.07, 6.45) is 6.91. The van der Waals surface area contributed by atoms with Crippen LogP contribution in [0.1, 0.15) is 45.4 Å². The van der Waals surface area contributed by atoms with E-state index in [1.165, 1.54) is 25.8 Å². The van der Waals surface area contributed by atoms with Crippen LogP contribution >= 0.6 is 0 Å². The van der Waals surface area contributed by atoms with Gasteiger partial charge in [0.2, 0.25) is 5.91 Å². The zero-order valence-electron chi connectivity index (χ0n) is 11.5. The van der Waals surface area contributed by atoms with Crippen LogP contribution in [-0.2, 0) is 4.79 Å². The molecule has 2 rings (SSSR count). The Labute approximate surface area is 110 Å². The Balaban J connectivity index is 1.60. The molecule has 2 fully saturated rings. The van der Waals surface area contributed by atoms with E-state index in [0.717, 1.165) is 38.4 Å². The van der Waals surface area contributed by atoms with Gasteiger partial charge in [0, 0.05) is 19.1 Å². The van der Waals surface area contributed by atoms with Crippen LogP contribution in [0.25, 0.3) is 0 Å². The predicted octanol–water partition coefficient (Wildman–Crippen LogP) is 1.10. The monoisotopic (exact) mass is 253 g/mol. The van der Waals surface area contributed by atoms with E-state index in [0.29, 0.717) is 5.92 Å². The summed E-state index contributed by atoms with van der Waals surface area (Å²) in [5.41, 5.74) is 5.85. The van der Waals surface area contributed by atoms with E-state index in [-0.39, 0.29) is 11.9 Å². The molecule has 4 heteroatoms. The Morgan fingerprint density at radius 3 is 2.89 bits per heavy atom. The summed E-state index contributed by atoms with van der Waals surface area (Å²) in [5, 5.41) is 3.02. The van der Waals surface area contributed by atoms with E-state index >= 15 is 0 Å². The van der Waals surface area contributed by atoms with Crippen molar-refractivity contribution >= 4 is 5.91 Å². The Morgan fingerprint density at radius 1 is 1.44 bits per heavy atom. The Morgan fingerprint density at radius 2 is 2.22 bits per heavy atom. The van der Waals surface area contributed by atoms with E-state index < -0.39 is 0 Å². The Kier molecular flexibility index (Phi) is 5.01. The van der Waals surface area contributed by atoms with Crippen molar-refractivity contribution in [3.63, 3.8) is 0 Å². The van der Waals surface area contributed by atoms with E-state index in [9.17, 15) is 4.79 Å². The van der Waals surface area contributed by atoms with Crippen LogP contribution in [0, 0.1) is 5.92 Å². The lowest BCUT2D eigenvalue weighted by Crippen LogP contribution is -2.42. The smallest absolute Gasteiger partial charge is 0.236 e. The van der Waals surface area contributed by atoms with Gasteiger partial charge in [-0.2, -0.15) is 0 Å². The summed E-state index contributed by atoms with van der Waals surface area (Å²) in [4.78, 5) is 14.4. The molecule has 0 aromatic carbocycles. The molecule has 1 heterocycles. The van der Waals surface area contributed by atoms with Gasteiger partial charge in [0.05, 0.1) is 6.04 Å². The largest absolute Gasteiger partial charge is 0.354 e. The topological polar surface area (TPSA) is 58.4 Å². The molecule has 4 nitrogen and oxygen atoms in total. The van der Waals surface area contributed by atoms with E-state index in [1.807, 2.05) is 0 Å². The van der Waals surface area contributed by atoms with Gasteiger partial charge in [0.25, 0.3) is 0 Å². The second-order valence-corrected chi connectivity index (χ2v) is 5.87. The molecule has 2 atom stereocenters. The minimum Gasteiger partial charge on any atom is -0.354 e. The molecule has 18 heavy (non-hydrogen) atoms. The molecular weight excluding hydrogens is 226 g/mol. The molecule has 0 aromatic rings. The molecule has 2 aliphatic rings. The van der Waals surface area contributed by atoms with Crippen LogP contribution in [-0.4, -0.2) is 42.5 Å². The number of nitrogens with zero attached hydrogens (tertiary/aromatic N) is 1. The van der Waals surface area contributed by atoms with E-state index in [4.69, 9.17) is 5.73 Å². The summed E-state index contributed by atoms with van der Waals surface area (Å²) in [5.74, 6) is 0.668. The molecule has 0 radical (unpaired) electrons. The van der Waals surface area contributed by atoms with E-state index in [1.54, 1.807) is 0 Å². The van der Waals surface area contributed by atoms with Gasteiger partial charge in [0.1, 0.15) is 0 Å². The highest BCUT2D eigenvalue weighted by molar-refractivity contribution is 5.81. The molecule has 0 bridgehead atoms. The third-order valence-corrected chi connectivity index (χ3v) is 4.15. The molecule has 1 saturated heterocycles. The van der Waals surface area contributed by atoms with Crippen molar-refractivity contribution in [2.24, 2.45) is 11.7 Å². The van der Waals surface area contributed by atoms with Crippen LogP contribution in [0.5, 0.6) is 0 Å². The third-order valence-electron chi connectivity index (χ3n) is 4.15. The average Bonchev–Trinajstić information content (AvgIpc) is 3.12. The molecule has 1 aliphatic heterocycles. The van der Waals surface area contributed by atoms with Crippen LogP contribution in [0.15, 0.2) is 0 Å². The van der Waals surface area contributed by atoms with Gasteiger partial charge in [-0.05, 0) is 38.1 Å². The average molecular weight is 253 g/mol. The van der Waals surface area contributed by atoms with Crippen LogP contribution < -0.4 is 11.1 Å². The molecule has 104 valence electrons.